The molecule has 0 amide bonds. The van der Waals surface area contributed by atoms with E-state index in [9.17, 15) is 4.79 Å². The molecular formula is C17H32N2O2. The lowest BCUT2D eigenvalue weighted by atomic mass is 9.86. The summed E-state index contributed by atoms with van der Waals surface area (Å²) in [6, 6.07) is 1.19. The van der Waals surface area contributed by atoms with Gasteiger partial charge in [0.2, 0.25) is 0 Å². The zero-order valence-electron chi connectivity index (χ0n) is 14.2. The number of nitrogens with one attached hydrogen (secondary N) is 1. The van der Waals surface area contributed by atoms with Crippen molar-refractivity contribution in [3.63, 3.8) is 0 Å². The first-order valence-corrected chi connectivity index (χ1v) is 8.51. The van der Waals surface area contributed by atoms with Gasteiger partial charge >= 0.3 is 5.97 Å². The van der Waals surface area contributed by atoms with Crippen LogP contribution >= 0.6 is 0 Å². The highest BCUT2D eigenvalue weighted by Gasteiger charge is 2.39. The Labute approximate surface area is 129 Å². The van der Waals surface area contributed by atoms with Crippen LogP contribution in [0.2, 0.25) is 0 Å². The van der Waals surface area contributed by atoms with Gasteiger partial charge in [0.15, 0.2) is 0 Å². The quantitative estimate of drug-likeness (QED) is 0.733. The van der Waals surface area contributed by atoms with Gasteiger partial charge in [0, 0.05) is 18.6 Å². The highest BCUT2D eigenvalue weighted by atomic mass is 16.5. The number of ether oxygens (including phenoxy) is 1. The number of methoxy groups -OCH3 is 1. The fraction of sp³-hybridized carbons (Fsp3) is 0.941. The molecule has 0 aromatic carbocycles. The highest BCUT2D eigenvalue weighted by molar-refractivity contribution is 5.80. The zero-order chi connectivity index (χ0) is 15.5. The molecule has 0 radical (unpaired) electrons. The lowest BCUT2D eigenvalue weighted by molar-refractivity contribution is -0.148. The van der Waals surface area contributed by atoms with Crippen molar-refractivity contribution in [2.45, 2.75) is 76.4 Å². The standard InChI is InChI=1S/C17H32N2O2/c1-13-6-5-7-15(12-13)19(3)11-10-17(2,16(20)21-4)18-14-8-9-14/h13-15,18H,5-12H2,1-4H3. The molecule has 2 aliphatic carbocycles. The normalized spacial score (nSPS) is 29.2. The third kappa shape index (κ3) is 4.68. The number of carbonyl (C=O) groups is 1. The number of nitrogens with zero attached hydrogens (tertiary/aromatic N) is 1. The Bertz CT molecular complexity index is 357. The third-order valence-electron chi connectivity index (χ3n) is 5.23. The fourth-order valence-corrected chi connectivity index (χ4v) is 3.52. The monoisotopic (exact) mass is 296 g/mol. The second-order valence-electron chi connectivity index (χ2n) is 7.40. The Morgan fingerprint density at radius 3 is 2.62 bits per heavy atom. The van der Waals surface area contributed by atoms with Crippen LogP contribution in [0.15, 0.2) is 0 Å². The maximum Gasteiger partial charge on any atom is 0.325 e. The van der Waals surface area contributed by atoms with Gasteiger partial charge in [0.05, 0.1) is 7.11 Å². The van der Waals surface area contributed by atoms with Gasteiger partial charge < -0.3 is 9.64 Å². The van der Waals surface area contributed by atoms with Crippen LogP contribution in [0.3, 0.4) is 0 Å². The summed E-state index contributed by atoms with van der Waals surface area (Å²) in [6.45, 7) is 5.30. The number of esters is 1. The van der Waals surface area contributed by atoms with Crippen molar-refractivity contribution in [3.8, 4) is 0 Å². The minimum Gasteiger partial charge on any atom is -0.468 e. The summed E-state index contributed by atoms with van der Waals surface area (Å²) < 4.78 is 5.02. The maximum absolute atomic E-state index is 12.1. The van der Waals surface area contributed by atoms with E-state index in [2.05, 4.69) is 24.2 Å². The van der Waals surface area contributed by atoms with E-state index in [1.165, 1.54) is 45.6 Å². The Hall–Kier alpha value is -0.610. The van der Waals surface area contributed by atoms with Gasteiger partial charge in [-0.05, 0) is 52.0 Å². The topological polar surface area (TPSA) is 41.6 Å². The molecule has 0 aliphatic heterocycles. The number of hydrogen-bond donors (Lipinski definition) is 1. The van der Waals surface area contributed by atoms with E-state index in [0.29, 0.717) is 12.1 Å². The van der Waals surface area contributed by atoms with Crippen molar-refractivity contribution >= 4 is 5.97 Å². The molecule has 1 N–H and O–H groups in total. The zero-order valence-corrected chi connectivity index (χ0v) is 14.2. The molecule has 0 heterocycles. The first-order chi connectivity index (χ1) is 9.94. The van der Waals surface area contributed by atoms with Crippen LogP contribution < -0.4 is 5.32 Å². The summed E-state index contributed by atoms with van der Waals surface area (Å²) in [5.74, 6) is 0.711. The molecule has 0 saturated heterocycles. The molecule has 3 unspecified atom stereocenters. The van der Waals surface area contributed by atoms with Crippen LogP contribution in [0.25, 0.3) is 0 Å². The first-order valence-electron chi connectivity index (χ1n) is 8.51. The van der Waals surface area contributed by atoms with E-state index in [4.69, 9.17) is 4.74 Å². The van der Waals surface area contributed by atoms with Crippen molar-refractivity contribution in [2.24, 2.45) is 5.92 Å². The molecule has 3 atom stereocenters. The maximum atomic E-state index is 12.1. The van der Waals surface area contributed by atoms with Crippen LogP contribution in [-0.4, -0.2) is 49.2 Å². The molecule has 21 heavy (non-hydrogen) atoms. The van der Waals surface area contributed by atoms with Crippen molar-refractivity contribution in [1.29, 1.82) is 0 Å². The van der Waals surface area contributed by atoms with Gasteiger partial charge in [-0.1, -0.05) is 19.8 Å². The molecule has 4 nitrogen and oxygen atoms in total. The molecular weight excluding hydrogens is 264 g/mol. The van der Waals surface area contributed by atoms with Crippen LogP contribution in [0.1, 0.15) is 58.8 Å². The van der Waals surface area contributed by atoms with Crippen molar-refractivity contribution in [1.82, 2.24) is 10.2 Å². The van der Waals surface area contributed by atoms with Crippen molar-refractivity contribution in [2.75, 3.05) is 20.7 Å². The molecule has 0 bridgehead atoms. The second kappa shape index (κ2) is 7.10. The molecule has 0 spiro atoms. The van der Waals surface area contributed by atoms with Gasteiger partial charge in [0.25, 0.3) is 0 Å². The predicted molar refractivity (Wildman–Crippen MR) is 85.2 cm³/mol. The molecule has 2 aliphatic rings. The van der Waals surface area contributed by atoms with Crippen molar-refractivity contribution in [3.05, 3.63) is 0 Å². The summed E-state index contributed by atoms with van der Waals surface area (Å²) in [4.78, 5) is 14.6. The molecule has 4 heteroatoms. The highest BCUT2D eigenvalue weighted by Crippen LogP contribution is 2.28. The van der Waals surface area contributed by atoms with Gasteiger partial charge in [-0.25, -0.2) is 0 Å². The minimum atomic E-state index is -0.537. The van der Waals surface area contributed by atoms with E-state index < -0.39 is 5.54 Å². The average molecular weight is 296 g/mol. The van der Waals surface area contributed by atoms with Crippen LogP contribution in [0, 0.1) is 5.92 Å². The van der Waals surface area contributed by atoms with Crippen LogP contribution in [-0.2, 0) is 9.53 Å². The lowest BCUT2D eigenvalue weighted by Crippen LogP contribution is -2.53. The lowest BCUT2D eigenvalue weighted by Gasteiger charge is -2.36. The molecule has 2 fully saturated rings. The Morgan fingerprint density at radius 1 is 1.33 bits per heavy atom. The predicted octanol–water partition coefficient (Wildman–Crippen LogP) is 2.57. The van der Waals surface area contributed by atoms with E-state index in [1.54, 1.807) is 0 Å². The van der Waals surface area contributed by atoms with E-state index in [0.717, 1.165) is 18.9 Å². The molecule has 122 valence electrons. The fourth-order valence-electron chi connectivity index (χ4n) is 3.52. The van der Waals surface area contributed by atoms with Gasteiger partial charge in [0.1, 0.15) is 5.54 Å². The second-order valence-corrected chi connectivity index (χ2v) is 7.40. The minimum absolute atomic E-state index is 0.125. The van der Waals surface area contributed by atoms with Gasteiger partial charge in [-0.2, -0.15) is 0 Å². The van der Waals surface area contributed by atoms with Crippen LogP contribution in [0.4, 0.5) is 0 Å². The summed E-state index contributed by atoms with van der Waals surface area (Å²) in [7, 11) is 3.69. The van der Waals surface area contributed by atoms with Gasteiger partial charge in [-0.15, -0.1) is 0 Å². The molecule has 2 saturated carbocycles. The smallest absolute Gasteiger partial charge is 0.325 e. The van der Waals surface area contributed by atoms with E-state index in [1.807, 2.05) is 6.92 Å². The largest absolute Gasteiger partial charge is 0.468 e. The van der Waals surface area contributed by atoms with E-state index >= 15 is 0 Å². The summed E-state index contributed by atoms with van der Waals surface area (Å²) in [6.07, 6.45) is 8.48. The average Bonchev–Trinajstić information content (AvgIpc) is 3.27. The Kier molecular flexibility index (Phi) is 5.67. The third-order valence-corrected chi connectivity index (χ3v) is 5.23. The molecule has 0 aromatic heterocycles. The first kappa shape index (κ1) is 16.8. The van der Waals surface area contributed by atoms with Gasteiger partial charge in [-0.3, -0.25) is 10.1 Å². The Balaban J connectivity index is 1.86. The summed E-state index contributed by atoms with van der Waals surface area (Å²) in [5, 5.41) is 3.48. The summed E-state index contributed by atoms with van der Waals surface area (Å²) in [5.41, 5.74) is -0.537. The molecule has 0 aromatic rings. The summed E-state index contributed by atoms with van der Waals surface area (Å²) >= 11 is 0. The number of carbonyl (C=O) groups excluding carboxylic acids is 1. The number of hydrogen-bond acceptors (Lipinski definition) is 4. The Morgan fingerprint density at radius 2 is 2.05 bits per heavy atom. The number of rotatable bonds is 7. The van der Waals surface area contributed by atoms with Crippen molar-refractivity contribution < 1.29 is 9.53 Å². The molecule has 2 rings (SSSR count). The van der Waals surface area contributed by atoms with E-state index in [-0.39, 0.29) is 5.97 Å². The SMILES string of the molecule is COC(=O)C(C)(CCN(C)C1CCCC(C)C1)NC1CC1. The van der Waals surface area contributed by atoms with Crippen LogP contribution in [0.5, 0.6) is 0 Å².